The lowest BCUT2D eigenvalue weighted by atomic mass is 10.2. The van der Waals surface area contributed by atoms with Crippen LogP contribution >= 0.6 is 0 Å². The quantitative estimate of drug-likeness (QED) is 0.793. The van der Waals surface area contributed by atoms with E-state index in [0.29, 0.717) is 0 Å². The van der Waals surface area contributed by atoms with Gasteiger partial charge in [0.25, 0.3) is 0 Å². The summed E-state index contributed by atoms with van der Waals surface area (Å²) in [7, 11) is 0. The third-order valence-corrected chi connectivity index (χ3v) is 2.86. The summed E-state index contributed by atoms with van der Waals surface area (Å²) < 4.78 is 25.6. The normalized spacial score (nSPS) is 11.5. The minimum atomic E-state index is -0.901. The molecule has 5 nitrogen and oxygen atoms in total. The molecule has 0 N–H and O–H groups in total. The highest BCUT2D eigenvalue weighted by atomic mass is 19.1. The molecular formula is C16H18FNO4. The van der Waals surface area contributed by atoms with Gasteiger partial charge in [-0.2, -0.15) is 0 Å². The molecule has 0 unspecified atom stereocenters. The van der Waals surface area contributed by atoms with Gasteiger partial charge in [-0.15, -0.1) is 0 Å². The third kappa shape index (κ3) is 2.95. The molecule has 0 amide bonds. The van der Waals surface area contributed by atoms with Crippen molar-refractivity contribution in [3.63, 3.8) is 0 Å². The van der Waals surface area contributed by atoms with Gasteiger partial charge in [-0.25, -0.2) is 18.5 Å². The fourth-order valence-electron chi connectivity index (χ4n) is 2.08. The van der Waals surface area contributed by atoms with Gasteiger partial charge in [-0.05, 0) is 39.8 Å². The lowest BCUT2D eigenvalue weighted by molar-refractivity contribution is 0.0448. The Kier molecular flexibility index (Phi) is 4.21. The zero-order valence-corrected chi connectivity index (χ0v) is 13.0. The van der Waals surface area contributed by atoms with Crippen molar-refractivity contribution < 1.29 is 23.5 Å². The number of nitrogens with zero attached hydrogens (tertiary/aromatic N) is 1. The van der Waals surface area contributed by atoms with Gasteiger partial charge in [0.05, 0.1) is 12.1 Å². The number of para-hydroxylation sites is 1. The molecule has 2 aromatic rings. The summed E-state index contributed by atoms with van der Waals surface area (Å²) in [6.07, 6.45) is -0.823. The zero-order valence-electron chi connectivity index (χ0n) is 13.0. The van der Waals surface area contributed by atoms with Gasteiger partial charge in [0.1, 0.15) is 5.60 Å². The Bertz CT molecular complexity index is 728. The Balaban J connectivity index is 2.66. The largest absolute Gasteiger partial charge is 0.461 e. The van der Waals surface area contributed by atoms with Crippen LogP contribution in [0.5, 0.6) is 0 Å². The maximum atomic E-state index is 14.5. The van der Waals surface area contributed by atoms with E-state index in [1.807, 2.05) is 0 Å². The standard InChI is InChI=1S/C16H18FNO4/c1-5-21-14(19)13-12(17)10-8-6-7-9-11(10)18(13)15(20)22-16(2,3)4/h6-9H,5H2,1-4H3. The first-order valence-corrected chi connectivity index (χ1v) is 6.95. The van der Waals surface area contributed by atoms with Crippen LogP contribution in [0, 0.1) is 5.82 Å². The highest BCUT2D eigenvalue weighted by Gasteiger charge is 2.30. The maximum Gasteiger partial charge on any atom is 0.419 e. The number of hydrogen-bond donors (Lipinski definition) is 0. The molecule has 0 aliphatic carbocycles. The van der Waals surface area contributed by atoms with Gasteiger partial charge in [-0.3, -0.25) is 0 Å². The first-order chi connectivity index (χ1) is 10.3. The number of rotatable bonds is 2. The average molecular weight is 307 g/mol. The number of ether oxygens (including phenoxy) is 2. The van der Waals surface area contributed by atoms with Crippen LogP contribution in [0.1, 0.15) is 38.2 Å². The number of carbonyl (C=O) groups is 2. The van der Waals surface area contributed by atoms with Crippen LogP contribution < -0.4 is 0 Å². The van der Waals surface area contributed by atoms with Crippen LogP contribution in [0.15, 0.2) is 24.3 Å². The van der Waals surface area contributed by atoms with Crippen molar-refractivity contribution in [3.8, 4) is 0 Å². The highest BCUT2D eigenvalue weighted by Crippen LogP contribution is 2.26. The van der Waals surface area contributed by atoms with Crippen LogP contribution in [0.3, 0.4) is 0 Å². The van der Waals surface area contributed by atoms with E-state index < -0.39 is 29.2 Å². The predicted molar refractivity (Wildman–Crippen MR) is 79.5 cm³/mol. The smallest absolute Gasteiger partial charge is 0.419 e. The Hall–Kier alpha value is -2.37. The second kappa shape index (κ2) is 5.79. The molecule has 1 heterocycles. The molecule has 0 fully saturated rings. The number of fused-ring (bicyclic) bond motifs is 1. The summed E-state index contributed by atoms with van der Waals surface area (Å²) >= 11 is 0. The first-order valence-electron chi connectivity index (χ1n) is 6.95. The monoisotopic (exact) mass is 307 g/mol. The summed E-state index contributed by atoms with van der Waals surface area (Å²) in [5, 5.41) is 0.163. The van der Waals surface area contributed by atoms with Crippen LogP contribution in [0.2, 0.25) is 0 Å². The molecular weight excluding hydrogens is 289 g/mol. The molecule has 0 spiro atoms. The molecule has 0 atom stereocenters. The van der Waals surface area contributed by atoms with Gasteiger partial charge >= 0.3 is 12.1 Å². The van der Waals surface area contributed by atoms with E-state index in [4.69, 9.17) is 9.47 Å². The molecule has 0 saturated heterocycles. The minimum absolute atomic E-state index is 0.0775. The van der Waals surface area contributed by atoms with Gasteiger partial charge in [0.2, 0.25) is 0 Å². The highest BCUT2D eigenvalue weighted by molar-refractivity contribution is 6.02. The minimum Gasteiger partial charge on any atom is -0.461 e. The molecule has 6 heteroatoms. The lowest BCUT2D eigenvalue weighted by Crippen LogP contribution is -2.29. The molecule has 0 aliphatic rings. The lowest BCUT2D eigenvalue weighted by Gasteiger charge is -2.20. The number of carbonyl (C=O) groups excluding carboxylic acids is 2. The van der Waals surface area contributed by atoms with Crippen molar-refractivity contribution in [2.45, 2.75) is 33.3 Å². The van der Waals surface area contributed by atoms with Crippen LogP contribution in [-0.4, -0.2) is 28.8 Å². The second-order valence-electron chi connectivity index (χ2n) is 5.72. The summed E-state index contributed by atoms with van der Waals surface area (Å²) in [5.74, 6) is -1.69. The van der Waals surface area contributed by atoms with E-state index in [2.05, 4.69) is 0 Å². The molecule has 1 aromatic carbocycles. The van der Waals surface area contributed by atoms with Crippen molar-refractivity contribution in [2.75, 3.05) is 6.61 Å². The van der Waals surface area contributed by atoms with Gasteiger partial charge in [0, 0.05) is 5.39 Å². The van der Waals surface area contributed by atoms with Crippen LogP contribution in [-0.2, 0) is 9.47 Å². The Morgan fingerprint density at radius 2 is 1.86 bits per heavy atom. The van der Waals surface area contributed by atoms with Crippen molar-refractivity contribution in [3.05, 3.63) is 35.8 Å². The van der Waals surface area contributed by atoms with Gasteiger partial charge in [-0.1, -0.05) is 12.1 Å². The van der Waals surface area contributed by atoms with E-state index in [9.17, 15) is 14.0 Å². The average Bonchev–Trinajstić information content (AvgIpc) is 2.71. The van der Waals surface area contributed by atoms with E-state index in [1.54, 1.807) is 45.9 Å². The number of aromatic nitrogens is 1. The van der Waals surface area contributed by atoms with E-state index in [0.717, 1.165) is 4.57 Å². The van der Waals surface area contributed by atoms with Crippen LogP contribution in [0.4, 0.5) is 9.18 Å². The summed E-state index contributed by atoms with van der Waals surface area (Å²) in [6, 6.07) is 6.32. The molecule has 0 aliphatic heterocycles. The molecule has 0 radical (unpaired) electrons. The number of benzene rings is 1. The fraction of sp³-hybridized carbons (Fsp3) is 0.375. The van der Waals surface area contributed by atoms with E-state index in [1.165, 1.54) is 6.07 Å². The molecule has 22 heavy (non-hydrogen) atoms. The molecule has 118 valence electrons. The van der Waals surface area contributed by atoms with Gasteiger partial charge in [0.15, 0.2) is 11.5 Å². The Morgan fingerprint density at radius 3 is 2.45 bits per heavy atom. The Morgan fingerprint density at radius 1 is 1.23 bits per heavy atom. The Labute approximate surface area is 127 Å². The SMILES string of the molecule is CCOC(=O)c1c(F)c2ccccc2n1C(=O)OC(C)(C)C. The summed E-state index contributed by atoms with van der Waals surface area (Å²) in [4.78, 5) is 24.4. The number of halogens is 1. The third-order valence-electron chi connectivity index (χ3n) is 2.86. The molecule has 0 bridgehead atoms. The first kappa shape index (κ1) is 16.0. The summed E-state index contributed by atoms with van der Waals surface area (Å²) in [6.45, 7) is 6.76. The molecule has 2 rings (SSSR count). The number of hydrogen-bond acceptors (Lipinski definition) is 4. The molecule has 0 saturated carbocycles. The summed E-state index contributed by atoms with van der Waals surface area (Å²) in [5.41, 5.74) is -0.959. The second-order valence-corrected chi connectivity index (χ2v) is 5.72. The van der Waals surface area contributed by atoms with Crippen molar-refractivity contribution in [1.82, 2.24) is 4.57 Å². The maximum absolute atomic E-state index is 14.5. The fourth-order valence-corrected chi connectivity index (χ4v) is 2.08. The van der Waals surface area contributed by atoms with Crippen molar-refractivity contribution >= 4 is 23.0 Å². The van der Waals surface area contributed by atoms with Crippen LogP contribution in [0.25, 0.3) is 10.9 Å². The van der Waals surface area contributed by atoms with Crippen molar-refractivity contribution in [1.29, 1.82) is 0 Å². The van der Waals surface area contributed by atoms with Crippen molar-refractivity contribution in [2.24, 2.45) is 0 Å². The molecule has 1 aromatic heterocycles. The number of esters is 1. The topological polar surface area (TPSA) is 57.5 Å². The van der Waals surface area contributed by atoms with E-state index in [-0.39, 0.29) is 17.5 Å². The zero-order chi connectivity index (χ0) is 16.5. The predicted octanol–water partition coefficient (Wildman–Crippen LogP) is 3.74. The van der Waals surface area contributed by atoms with Gasteiger partial charge < -0.3 is 9.47 Å². The van der Waals surface area contributed by atoms with E-state index >= 15 is 0 Å².